The molecule has 1 rings (SSSR count). The zero-order chi connectivity index (χ0) is 9.40. The van der Waals surface area contributed by atoms with Gasteiger partial charge in [-0.15, -0.1) is 0 Å². The molecule has 0 aliphatic rings. The highest BCUT2D eigenvalue weighted by Crippen LogP contribution is 1.97. The van der Waals surface area contributed by atoms with Gasteiger partial charge in [0.2, 0.25) is 0 Å². The van der Waals surface area contributed by atoms with Crippen LogP contribution >= 0.6 is 0 Å². The Morgan fingerprint density at radius 3 is 2.25 bits per heavy atom. The molecule has 0 aliphatic carbocycles. The van der Waals surface area contributed by atoms with Crippen LogP contribution in [0.2, 0.25) is 0 Å². The van der Waals surface area contributed by atoms with Gasteiger partial charge in [-0.05, 0) is 0 Å². The number of hydrogen-bond donors (Lipinski definition) is 1. The van der Waals surface area contributed by atoms with Crippen molar-refractivity contribution < 1.29 is 9.18 Å². The number of halogens is 1. The second-order valence-electron chi connectivity index (χ2n) is 1.99. The highest BCUT2D eigenvalue weighted by molar-refractivity contribution is 5.97. The molecule has 1 aromatic rings. The molecular weight excluding hydrogens is 157 g/mol. The van der Waals surface area contributed by atoms with Crippen LogP contribution in [0.15, 0.2) is 30.3 Å². The van der Waals surface area contributed by atoms with Crippen LogP contribution in [0.5, 0.6) is 0 Å². The van der Waals surface area contributed by atoms with E-state index >= 15 is 0 Å². The molecule has 2 nitrogen and oxygen atoms in total. The number of carbonyl (C=O) groups is 1. The van der Waals surface area contributed by atoms with Crippen LogP contribution in [0.3, 0.4) is 0 Å². The number of hydrogen-bond acceptors (Lipinski definition) is 2. The maximum Gasteiger partial charge on any atom is 0.176 e. The van der Waals surface area contributed by atoms with Gasteiger partial charge in [-0.3, -0.25) is 9.18 Å². The van der Waals surface area contributed by atoms with Gasteiger partial charge in [-0.1, -0.05) is 30.3 Å². The van der Waals surface area contributed by atoms with E-state index in [1.807, 2.05) is 18.2 Å². The molecule has 0 fully saturated rings. The Balaban J connectivity index is 0.000000561. The summed E-state index contributed by atoms with van der Waals surface area (Å²) >= 11 is 0. The Morgan fingerprint density at radius 2 is 1.83 bits per heavy atom. The predicted octanol–water partition coefficient (Wildman–Crippen LogP) is 1.41. The van der Waals surface area contributed by atoms with Crippen molar-refractivity contribution in [1.82, 2.24) is 0 Å². The summed E-state index contributed by atoms with van der Waals surface area (Å²) in [6.07, 6.45) is 0. The van der Waals surface area contributed by atoms with Crippen LogP contribution in [0.25, 0.3) is 0 Å². The van der Waals surface area contributed by atoms with Crippen LogP contribution in [-0.4, -0.2) is 19.5 Å². The van der Waals surface area contributed by atoms with Crippen molar-refractivity contribution in [2.24, 2.45) is 5.73 Å². The third kappa shape index (κ3) is 3.25. The Bertz CT molecular complexity index is 223. The Kier molecular flexibility index (Phi) is 5.83. The lowest BCUT2D eigenvalue weighted by Crippen LogP contribution is -2.12. The van der Waals surface area contributed by atoms with Crippen molar-refractivity contribution in [2.75, 3.05) is 13.7 Å². The van der Waals surface area contributed by atoms with Crippen molar-refractivity contribution in [3.8, 4) is 0 Å². The van der Waals surface area contributed by atoms with E-state index in [1.54, 1.807) is 12.1 Å². The predicted molar refractivity (Wildman–Crippen MR) is 46.9 cm³/mol. The first-order chi connectivity index (χ1) is 5.84. The minimum absolute atomic E-state index is 0.0133. The molecule has 0 saturated heterocycles. The largest absolute Gasteiger partial charge is 0.324 e. The first-order valence-electron chi connectivity index (χ1n) is 3.50. The molecule has 0 atom stereocenters. The zero-order valence-electron chi connectivity index (χ0n) is 6.96. The highest BCUT2D eigenvalue weighted by atomic mass is 19.1. The number of carbonyl (C=O) groups excluding carboxylic acids is 1. The van der Waals surface area contributed by atoms with E-state index in [0.29, 0.717) is 12.7 Å². The summed E-state index contributed by atoms with van der Waals surface area (Å²) in [7, 11) is 0.500. The summed E-state index contributed by atoms with van der Waals surface area (Å²) in [4.78, 5) is 10.9. The van der Waals surface area contributed by atoms with Crippen LogP contribution in [0, 0.1) is 0 Å². The number of benzene rings is 1. The summed E-state index contributed by atoms with van der Waals surface area (Å²) in [6, 6.07) is 9.03. The summed E-state index contributed by atoms with van der Waals surface area (Å²) in [5.74, 6) is -0.0133. The smallest absolute Gasteiger partial charge is 0.176 e. The van der Waals surface area contributed by atoms with Gasteiger partial charge in [0.15, 0.2) is 5.78 Å². The topological polar surface area (TPSA) is 43.1 Å². The van der Waals surface area contributed by atoms with E-state index in [1.165, 1.54) is 0 Å². The lowest BCUT2D eigenvalue weighted by atomic mass is 10.1. The number of ketones is 1. The first-order valence-corrected chi connectivity index (χ1v) is 3.50. The molecule has 0 aliphatic heterocycles. The second-order valence-corrected chi connectivity index (χ2v) is 1.99. The van der Waals surface area contributed by atoms with Crippen LogP contribution < -0.4 is 5.73 Å². The van der Waals surface area contributed by atoms with Crippen molar-refractivity contribution in [3.05, 3.63) is 35.9 Å². The molecule has 0 aromatic heterocycles. The molecule has 0 saturated carbocycles. The number of rotatable bonds is 2. The van der Waals surface area contributed by atoms with Crippen LogP contribution in [-0.2, 0) is 0 Å². The Labute approximate surface area is 71.2 Å². The molecule has 2 N–H and O–H groups in total. The quantitative estimate of drug-likeness (QED) is 0.680. The minimum atomic E-state index is -0.0133. The molecule has 0 amide bonds. The molecule has 0 unspecified atom stereocenters. The fourth-order valence-electron chi connectivity index (χ4n) is 0.742. The zero-order valence-corrected chi connectivity index (χ0v) is 6.96. The van der Waals surface area contributed by atoms with Gasteiger partial charge in [0.05, 0.1) is 13.7 Å². The molecule has 1 aromatic carbocycles. The van der Waals surface area contributed by atoms with Crippen molar-refractivity contribution in [2.45, 2.75) is 0 Å². The second kappa shape index (κ2) is 6.49. The normalized spacial score (nSPS) is 8.25. The Morgan fingerprint density at radius 1 is 1.33 bits per heavy atom. The van der Waals surface area contributed by atoms with Crippen molar-refractivity contribution in [3.63, 3.8) is 0 Å². The molecule has 0 spiro atoms. The third-order valence-corrected chi connectivity index (χ3v) is 1.28. The van der Waals surface area contributed by atoms with Crippen LogP contribution in [0.4, 0.5) is 4.39 Å². The lowest BCUT2D eigenvalue weighted by Gasteiger charge is -1.93. The van der Waals surface area contributed by atoms with Crippen molar-refractivity contribution >= 4 is 5.78 Å². The molecule has 3 heteroatoms. The summed E-state index contributed by atoms with van der Waals surface area (Å²) in [5.41, 5.74) is 5.84. The van der Waals surface area contributed by atoms with Gasteiger partial charge in [0.25, 0.3) is 0 Å². The van der Waals surface area contributed by atoms with Gasteiger partial charge in [-0.25, -0.2) is 0 Å². The van der Waals surface area contributed by atoms with Gasteiger partial charge >= 0.3 is 0 Å². The van der Waals surface area contributed by atoms with E-state index in [0.717, 1.165) is 0 Å². The SMILES string of the molecule is CF.NCC(=O)c1ccccc1. The fourth-order valence-corrected chi connectivity index (χ4v) is 0.742. The fraction of sp³-hybridized carbons (Fsp3) is 0.222. The van der Waals surface area contributed by atoms with E-state index in [9.17, 15) is 9.18 Å². The molecule has 0 bridgehead atoms. The molecule has 66 valence electrons. The van der Waals surface area contributed by atoms with E-state index in [-0.39, 0.29) is 12.3 Å². The van der Waals surface area contributed by atoms with Gasteiger partial charge < -0.3 is 5.73 Å². The first kappa shape index (κ1) is 10.8. The van der Waals surface area contributed by atoms with E-state index in [2.05, 4.69) is 0 Å². The monoisotopic (exact) mass is 169 g/mol. The molecule has 0 radical (unpaired) electrons. The Hall–Kier alpha value is -1.22. The lowest BCUT2D eigenvalue weighted by molar-refractivity contribution is 0.100. The maximum atomic E-state index is 10.9. The highest BCUT2D eigenvalue weighted by Gasteiger charge is 1.98. The van der Waals surface area contributed by atoms with E-state index in [4.69, 9.17) is 5.73 Å². The van der Waals surface area contributed by atoms with Crippen molar-refractivity contribution in [1.29, 1.82) is 0 Å². The summed E-state index contributed by atoms with van der Waals surface area (Å²) in [6.45, 7) is 0.0873. The number of Topliss-reactive ketones (excluding diaryl/α,β-unsaturated/α-hetero) is 1. The average molecular weight is 169 g/mol. The number of alkyl halides is 1. The van der Waals surface area contributed by atoms with Gasteiger partial charge in [0.1, 0.15) is 0 Å². The molecule has 12 heavy (non-hydrogen) atoms. The van der Waals surface area contributed by atoms with Crippen LogP contribution in [0.1, 0.15) is 10.4 Å². The van der Waals surface area contributed by atoms with Gasteiger partial charge in [0, 0.05) is 5.56 Å². The minimum Gasteiger partial charge on any atom is -0.324 e. The van der Waals surface area contributed by atoms with E-state index < -0.39 is 0 Å². The summed E-state index contributed by atoms with van der Waals surface area (Å²) < 4.78 is 9.50. The maximum absolute atomic E-state index is 10.9. The average Bonchev–Trinajstić information content (AvgIpc) is 2.21. The molecule has 0 heterocycles. The van der Waals surface area contributed by atoms with Gasteiger partial charge in [-0.2, -0.15) is 0 Å². The third-order valence-electron chi connectivity index (χ3n) is 1.28. The number of nitrogens with two attached hydrogens (primary N) is 1. The molecular formula is C9H12FNO. The summed E-state index contributed by atoms with van der Waals surface area (Å²) in [5, 5.41) is 0. The standard InChI is InChI=1S/C8H9NO.CH3F/c9-6-8(10)7-4-2-1-3-5-7;1-2/h1-5H,6,9H2;1H3.